The van der Waals surface area contributed by atoms with Gasteiger partial charge in [0.1, 0.15) is 17.6 Å². The maximum atomic E-state index is 14.9. The van der Waals surface area contributed by atoms with Crippen molar-refractivity contribution in [2.45, 2.75) is 0 Å². The number of rotatable bonds is 4. The van der Waals surface area contributed by atoms with E-state index in [4.69, 9.17) is 27.2 Å². The van der Waals surface area contributed by atoms with E-state index in [1.807, 2.05) is 18.2 Å². The number of nitrogens with two attached hydrogens (primary N) is 1. The van der Waals surface area contributed by atoms with Crippen LogP contribution in [0.2, 0.25) is 5.02 Å². The molecule has 7 heteroatoms. The molecule has 5 rings (SSSR count). The Kier molecular flexibility index (Phi) is 4.06. The zero-order valence-corrected chi connectivity index (χ0v) is 15.8. The summed E-state index contributed by atoms with van der Waals surface area (Å²) in [6.07, 6.45) is 10.8. The number of hydrogen-bond donors (Lipinski definition) is 1. The highest BCUT2D eigenvalue weighted by atomic mass is 35.5. The first-order valence-corrected chi connectivity index (χ1v) is 9.27. The maximum absolute atomic E-state index is 14.9. The zero-order chi connectivity index (χ0) is 20.0. The molecule has 142 valence electrons. The molecule has 1 unspecified atom stereocenters. The number of fused-ring (bicyclic) bond motifs is 1. The summed E-state index contributed by atoms with van der Waals surface area (Å²) in [5.74, 6) is 7.04. The van der Waals surface area contributed by atoms with Crippen LogP contribution < -0.4 is 10.6 Å². The predicted octanol–water partition coefficient (Wildman–Crippen LogP) is 4.99. The number of aliphatic imine (C=N–C) groups is 2. The minimum Gasteiger partial charge on any atom is -0.453 e. The molecule has 29 heavy (non-hydrogen) atoms. The summed E-state index contributed by atoms with van der Waals surface area (Å²) in [4.78, 5) is 8.90. The Hall–Kier alpha value is -3.32. The number of benzene rings is 2. The Balaban J connectivity index is 1.52. The highest BCUT2D eigenvalue weighted by Gasteiger charge is 2.45. The van der Waals surface area contributed by atoms with Gasteiger partial charge in [-0.1, -0.05) is 42.0 Å². The summed E-state index contributed by atoms with van der Waals surface area (Å²) in [6, 6.07) is 11.5. The molecule has 0 radical (unpaired) electrons. The Morgan fingerprint density at radius 1 is 1.10 bits per heavy atom. The molecule has 1 atom stereocenters. The summed E-state index contributed by atoms with van der Waals surface area (Å²) in [6.45, 7) is 0. The van der Waals surface area contributed by atoms with Gasteiger partial charge in [-0.15, -0.1) is 4.59 Å². The molecule has 0 amide bonds. The van der Waals surface area contributed by atoms with Crippen LogP contribution in [-0.4, -0.2) is 16.6 Å². The fourth-order valence-corrected chi connectivity index (χ4v) is 3.48. The van der Waals surface area contributed by atoms with Gasteiger partial charge >= 0.3 is 0 Å². The molecule has 0 saturated carbocycles. The molecular formula is C22H15ClFN4O+. The third-order valence-electron chi connectivity index (χ3n) is 4.87. The van der Waals surface area contributed by atoms with Crippen LogP contribution in [-0.2, 0) is 0 Å². The number of halogens is 2. The second kappa shape index (κ2) is 6.63. The predicted molar refractivity (Wildman–Crippen MR) is 111 cm³/mol. The molecule has 0 fully saturated rings. The Bertz CT molecular complexity index is 1230. The number of nitrogens with zero attached hydrogens (tertiary/aromatic N) is 3. The summed E-state index contributed by atoms with van der Waals surface area (Å²) in [7, 11) is 0. The van der Waals surface area contributed by atoms with Gasteiger partial charge in [-0.25, -0.2) is 4.39 Å². The van der Waals surface area contributed by atoms with Crippen LogP contribution in [0.1, 0.15) is 5.56 Å². The van der Waals surface area contributed by atoms with Crippen molar-refractivity contribution in [3.8, 4) is 11.5 Å². The second-order valence-electron chi connectivity index (χ2n) is 6.68. The van der Waals surface area contributed by atoms with Gasteiger partial charge in [0.2, 0.25) is 5.70 Å². The first-order valence-electron chi connectivity index (χ1n) is 8.89. The number of ether oxygens (including phenoxy) is 1. The summed E-state index contributed by atoms with van der Waals surface area (Å²) >= 11 is 6.10. The van der Waals surface area contributed by atoms with Crippen molar-refractivity contribution in [2.75, 3.05) is 0 Å². The second-order valence-corrected chi connectivity index (χ2v) is 7.09. The average molecular weight is 406 g/mol. The van der Waals surface area contributed by atoms with E-state index >= 15 is 0 Å². The lowest BCUT2D eigenvalue weighted by Gasteiger charge is -2.26. The lowest BCUT2D eigenvalue weighted by atomic mass is 10.0. The Morgan fingerprint density at radius 3 is 2.66 bits per heavy atom. The standard InChI is InChI=1S/C22H15ClFN4O/c23-16-6-1-2-7-19(16)29-20-9-8-15(12-17(20)24)22-27-21(14-4-3-5-14)18-13-26-10-11-28(18,22)25/h1-13H,25H2/q+1. The maximum Gasteiger partial charge on any atom is 0.265 e. The molecule has 2 aliphatic heterocycles. The van der Waals surface area contributed by atoms with E-state index in [0.717, 1.165) is 17.0 Å². The minimum atomic E-state index is -0.538. The van der Waals surface area contributed by atoms with Crippen molar-refractivity contribution in [1.29, 1.82) is 0 Å². The van der Waals surface area contributed by atoms with E-state index in [1.54, 1.807) is 55.0 Å². The first-order chi connectivity index (χ1) is 14.1. The molecular weight excluding hydrogens is 391 g/mol. The summed E-state index contributed by atoms with van der Waals surface area (Å²) in [5, 5.41) is 0.403. The molecule has 0 saturated heterocycles. The largest absolute Gasteiger partial charge is 0.453 e. The molecule has 0 bridgehead atoms. The fourth-order valence-electron chi connectivity index (χ4n) is 3.31. The molecule has 2 aromatic carbocycles. The SMILES string of the molecule is N[N+]12C=CN=CC1=C(C1=CC=C1)N=C2c1ccc(Oc2ccccc2Cl)c(F)c1. The topological polar surface area (TPSA) is 60.0 Å². The van der Waals surface area contributed by atoms with Crippen LogP contribution >= 0.6 is 11.6 Å². The van der Waals surface area contributed by atoms with E-state index < -0.39 is 5.82 Å². The van der Waals surface area contributed by atoms with Crippen molar-refractivity contribution in [1.82, 2.24) is 0 Å². The van der Waals surface area contributed by atoms with Crippen molar-refractivity contribution in [3.63, 3.8) is 0 Å². The van der Waals surface area contributed by atoms with Crippen LogP contribution in [0.15, 0.2) is 100 Å². The van der Waals surface area contributed by atoms with Crippen LogP contribution in [0, 0.1) is 5.82 Å². The Labute approximate surface area is 171 Å². The lowest BCUT2D eigenvalue weighted by molar-refractivity contribution is -0.750. The lowest BCUT2D eigenvalue weighted by Crippen LogP contribution is -2.53. The van der Waals surface area contributed by atoms with E-state index in [1.165, 1.54) is 6.07 Å². The highest BCUT2D eigenvalue weighted by molar-refractivity contribution is 6.32. The molecule has 2 heterocycles. The average Bonchev–Trinajstić information content (AvgIpc) is 2.97. The van der Waals surface area contributed by atoms with Gasteiger partial charge in [0.25, 0.3) is 5.84 Å². The third kappa shape index (κ3) is 2.86. The third-order valence-corrected chi connectivity index (χ3v) is 5.18. The van der Waals surface area contributed by atoms with Crippen molar-refractivity contribution >= 4 is 23.7 Å². The van der Waals surface area contributed by atoms with Crippen LogP contribution in [0.4, 0.5) is 4.39 Å². The Morgan fingerprint density at radius 2 is 1.93 bits per heavy atom. The van der Waals surface area contributed by atoms with Gasteiger partial charge in [-0.3, -0.25) is 4.99 Å². The molecule has 5 nitrogen and oxygen atoms in total. The number of amidine groups is 1. The van der Waals surface area contributed by atoms with Crippen molar-refractivity contribution in [2.24, 2.45) is 15.8 Å². The van der Waals surface area contributed by atoms with Gasteiger partial charge in [-0.05, 0) is 30.3 Å². The van der Waals surface area contributed by atoms with Gasteiger partial charge in [0.05, 0.1) is 23.0 Å². The summed E-state index contributed by atoms with van der Waals surface area (Å²) < 4.78 is 20.3. The van der Waals surface area contributed by atoms with Crippen LogP contribution in [0.5, 0.6) is 11.5 Å². The molecule has 0 aromatic heterocycles. The molecule has 1 aliphatic carbocycles. The smallest absolute Gasteiger partial charge is 0.265 e. The molecule has 2 N–H and O–H groups in total. The molecule has 2 aromatic rings. The number of quaternary nitrogens is 1. The molecule has 3 aliphatic rings. The van der Waals surface area contributed by atoms with Gasteiger partial charge < -0.3 is 4.74 Å². The van der Waals surface area contributed by atoms with Crippen molar-refractivity contribution < 1.29 is 13.7 Å². The molecule has 0 spiro atoms. The van der Waals surface area contributed by atoms with Crippen LogP contribution in [0.3, 0.4) is 0 Å². The van der Waals surface area contributed by atoms with E-state index in [0.29, 0.717) is 22.2 Å². The normalized spacial score (nSPS) is 21.6. The van der Waals surface area contributed by atoms with E-state index in [2.05, 4.69) is 4.99 Å². The van der Waals surface area contributed by atoms with E-state index in [-0.39, 0.29) is 10.3 Å². The van der Waals surface area contributed by atoms with Gasteiger partial charge in [-0.2, -0.15) is 10.8 Å². The van der Waals surface area contributed by atoms with Crippen LogP contribution in [0.25, 0.3) is 0 Å². The van der Waals surface area contributed by atoms with Gasteiger partial charge in [0.15, 0.2) is 11.6 Å². The monoisotopic (exact) mass is 405 g/mol. The summed E-state index contributed by atoms with van der Waals surface area (Å²) in [5.41, 5.74) is 2.97. The van der Waals surface area contributed by atoms with E-state index in [9.17, 15) is 4.39 Å². The quantitative estimate of drug-likeness (QED) is 0.575. The van der Waals surface area contributed by atoms with Crippen molar-refractivity contribution in [3.05, 3.63) is 106 Å². The highest BCUT2D eigenvalue weighted by Crippen LogP contribution is 2.37. The minimum absolute atomic E-state index is 0.0674. The fraction of sp³-hybridized carbons (Fsp3) is 0. The first kappa shape index (κ1) is 17.8. The number of hydrogen-bond acceptors (Lipinski definition) is 4. The number of para-hydroxylation sites is 1. The number of allylic oxidation sites excluding steroid dienone is 4. The van der Waals surface area contributed by atoms with Gasteiger partial charge in [0, 0.05) is 5.57 Å². The zero-order valence-electron chi connectivity index (χ0n) is 15.1.